The van der Waals surface area contributed by atoms with Crippen LogP contribution in [0.2, 0.25) is 0 Å². The molecule has 4 aromatic heterocycles. The molecule has 25 heavy (non-hydrogen) atoms. The van der Waals surface area contributed by atoms with Crippen LogP contribution in [0.4, 0.5) is 0 Å². The monoisotopic (exact) mass is 328 g/mol. The highest BCUT2D eigenvalue weighted by Gasteiger charge is 2.10. The Hall–Kier alpha value is -3.28. The molecule has 6 heteroatoms. The van der Waals surface area contributed by atoms with Crippen LogP contribution >= 0.6 is 0 Å². The van der Waals surface area contributed by atoms with E-state index in [9.17, 15) is 0 Å². The van der Waals surface area contributed by atoms with E-state index in [0.717, 1.165) is 40.3 Å². The van der Waals surface area contributed by atoms with E-state index in [1.54, 1.807) is 0 Å². The minimum atomic E-state index is 0.714. The Kier molecular flexibility index (Phi) is 3.03. The maximum atomic E-state index is 4.72. The summed E-state index contributed by atoms with van der Waals surface area (Å²) in [6, 6.07) is 14.3. The van der Waals surface area contributed by atoms with E-state index in [0.29, 0.717) is 6.42 Å². The molecule has 4 heterocycles. The third-order valence-electron chi connectivity index (χ3n) is 4.45. The van der Waals surface area contributed by atoms with Crippen molar-refractivity contribution in [3.8, 4) is 0 Å². The number of fused-ring (bicyclic) bond motifs is 4. The average molecular weight is 328 g/mol. The van der Waals surface area contributed by atoms with Gasteiger partial charge in [-0.25, -0.2) is 19.0 Å². The van der Waals surface area contributed by atoms with Crippen LogP contribution in [0.1, 0.15) is 17.2 Å². The first kappa shape index (κ1) is 14.1. The Morgan fingerprint density at radius 2 is 1.48 bits per heavy atom. The molecule has 0 aliphatic heterocycles. The van der Waals surface area contributed by atoms with Crippen LogP contribution in [0.3, 0.4) is 0 Å². The number of benzene rings is 1. The molecule has 0 amide bonds. The molecule has 0 N–H and O–H groups in total. The average Bonchev–Trinajstić information content (AvgIpc) is 3.24. The molecule has 122 valence electrons. The summed E-state index contributed by atoms with van der Waals surface area (Å²) in [4.78, 5) is 9.34. The SMILES string of the molecule is Cc1cccn2nc(CCc3nc4c5ccccc5ccn4n3)nc12. The van der Waals surface area contributed by atoms with Crippen LogP contribution in [0.15, 0.2) is 54.9 Å². The number of hydrogen-bond acceptors (Lipinski definition) is 4. The fourth-order valence-electron chi connectivity index (χ4n) is 3.17. The van der Waals surface area contributed by atoms with E-state index in [1.807, 2.05) is 52.6 Å². The van der Waals surface area contributed by atoms with Gasteiger partial charge in [-0.1, -0.05) is 30.3 Å². The van der Waals surface area contributed by atoms with Gasteiger partial charge in [0.25, 0.3) is 0 Å². The summed E-state index contributed by atoms with van der Waals surface area (Å²) < 4.78 is 3.67. The van der Waals surface area contributed by atoms with E-state index in [1.165, 1.54) is 5.39 Å². The largest absolute Gasteiger partial charge is 0.221 e. The maximum Gasteiger partial charge on any atom is 0.163 e. The Balaban J connectivity index is 1.47. The molecule has 0 spiro atoms. The van der Waals surface area contributed by atoms with Gasteiger partial charge < -0.3 is 0 Å². The zero-order chi connectivity index (χ0) is 16.8. The van der Waals surface area contributed by atoms with Gasteiger partial charge in [0.05, 0.1) is 0 Å². The minimum absolute atomic E-state index is 0.714. The molecule has 0 unspecified atom stereocenters. The molecule has 0 aliphatic rings. The summed E-state index contributed by atoms with van der Waals surface area (Å²) in [7, 11) is 0. The summed E-state index contributed by atoms with van der Waals surface area (Å²) >= 11 is 0. The Bertz CT molecular complexity index is 1220. The van der Waals surface area contributed by atoms with Crippen LogP contribution < -0.4 is 0 Å². The molecule has 0 fully saturated rings. The second kappa shape index (κ2) is 5.37. The molecular weight excluding hydrogens is 312 g/mol. The fourth-order valence-corrected chi connectivity index (χ4v) is 3.17. The smallest absolute Gasteiger partial charge is 0.163 e. The highest BCUT2D eigenvalue weighted by atomic mass is 15.3. The molecule has 0 saturated carbocycles. The van der Waals surface area contributed by atoms with Crippen LogP contribution in [0.25, 0.3) is 22.1 Å². The quantitative estimate of drug-likeness (QED) is 0.511. The summed E-state index contributed by atoms with van der Waals surface area (Å²) in [5, 5.41) is 11.4. The van der Waals surface area contributed by atoms with Gasteiger partial charge in [0.2, 0.25) is 0 Å². The summed E-state index contributed by atoms with van der Waals surface area (Å²) in [6.07, 6.45) is 5.32. The molecular formula is C19H16N6. The third-order valence-corrected chi connectivity index (χ3v) is 4.45. The van der Waals surface area contributed by atoms with Crippen molar-refractivity contribution in [1.29, 1.82) is 0 Å². The van der Waals surface area contributed by atoms with Gasteiger partial charge in [-0.3, -0.25) is 0 Å². The second-order valence-electron chi connectivity index (χ2n) is 6.19. The predicted octanol–water partition coefficient (Wildman–Crippen LogP) is 3.02. The summed E-state index contributed by atoms with van der Waals surface area (Å²) in [6.45, 7) is 2.04. The first-order chi connectivity index (χ1) is 12.3. The van der Waals surface area contributed by atoms with Crippen LogP contribution in [-0.4, -0.2) is 29.2 Å². The van der Waals surface area contributed by atoms with Gasteiger partial charge in [-0.15, -0.1) is 0 Å². The Morgan fingerprint density at radius 1 is 0.760 bits per heavy atom. The van der Waals surface area contributed by atoms with Crippen LogP contribution in [0.5, 0.6) is 0 Å². The van der Waals surface area contributed by atoms with E-state index >= 15 is 0 Å². The van der Waals surface area contributed by atoms with Gasteiger partial charge >= 0.3 is 0 Å². The topological polar surface area (TPSA) is 60.4 Å². The number of hydrogen-bond donors (Lipinski definition) is 0. The lowest BCUT2D eigenvalue weighted by molar-refractivity contribution is 0.788. The first-order valence-corrected chi connectivity index (χ1v) is 8.32. The number of rotatable bonds is 3. The number of pyridine rings is 2. The number of aromatic nitrogens is 6. The fraction of sp³-hybridized carbons (Fsp3) is 0.158. The van der Waals surface area contributed by atoms with Gasteiger partial charge in [0, 0.05) is 30.6 Å². The molecule has 5 aromatic rings. The van der Waals surface area contributed by atoms with Crippen LogP contribution in [-0.2, 0) is 12.8 Å². The highest BCUT2D eigenvalue weighted by Crippen LogP contribution is 2.18. The number of aryl methyl sites for hydroxylation is 3. The van der Waals surface area contributed by atoms with Crippen molar-refractivity contribution >= 4 is 22.1 Å². The highest BCUT2D eigenvalue weighted by molar-refractivity contribution is 5.93. The molecule has 1 aromatic carbocycles. The standard InChI is InChI=1S/C19H16N6/c1-13-5-4-11-24-18(13)20-16(22-24)8-9-17-21-19-15-7-3-2-6-14(15)10-12-25(19)23-17/h2-7,10-12H,8-9H2,1H3. The van der Waals surface area contributed by atoms with Gasteiger partial charge in [0.15, 0.2) is 22.9 Å². The second-order valence-corrected chi connectivity index (χ2v) is 6.19. The van der Waals surface area contributed by atoms with E-state index in [4.69, 9.17) is 4.98 Å². The van der Waals surface area contributed by atoms with Crippen molar-refractivity contribution in [1.82, 2.24) is 29.2 Å². The third kappa shape index (κ3) is 2.34. The van der Waals surface area contributed by atoms with Crippen molar-refractivity contribution in [3.63, 3.8) is 0 Å². The van der Waals surface area contributed by atoms with E-state index in [2.05, 4.69) is 33.4 Å². The zero-order valence-electron chi connectivity index (χ0n) is 13.8. The van der Waals surface area contributed by atoms with E-state index < -0.39 is 0 Å². The van der Waals surface area contributed by atoms with Crippen molar-refractivity contribution in [2.45, 2.75) is 19.8 Å². The Morgan fingerprint density at radius 3 is 2.28 bits per heavy atom. The molecule has 0 saturated heterocycles. The maximum absolute atomic E-state index is 4.72. The normalized spacial score (nSPS) is 11.7. The summed E-state index contributed by atoms with van der Waals surface area (Å²) in [5.41, 5.74) is 2.93. The lowest BCUT2D eigenvalue weighted by Crippen LogP contribution is -1.96. The predicted molar refractivity (Wildman–Crippen MR) is 95.6 cm³/mol. The van der Waals surface area contributed by atoms with E-state index in [-0.39, 0.29) is 0 Å². The van der Waals surface area contributed by atoms with Gasteiger partial charge in [0.1, 0.15) is 0 Å². The lowest BCUT2D eigenvalue weighted by Gasteiger charge is -1.97. The lowest BCUT2D eigenvalue weighted by atomic mass is 10.2. The first-order valence-electron chi connectivity index (χ1n) is 8.32. The van der Waals surface area contributed by atoms with Crippen molar-refractivity contribution in [3.05, 3.63) is 72.1 Å². The molecule has 0 atom stereocenters. The van der Waals surface area contributed by atoms with Gasteiger partial charge in [-0.05, 0) is 30.0 Å². The van der Waals surface area contributed by atoms with Crippen molar-refractivity contribution < 1.29 is 0 Å². The molecule has 0 bridgehead atoms. The van der Waals surface area contributed by atoms with Crippen molar-refractivity contribution in [2.75, 3.05) is 0 Å². The van der Waals surface area contributed by atoms with Gasteiger partial charge in [-0.2, -0.15) is 10.2 Å². The van der Waals surface area contributed by atoms with Crippen LogP contribution in [0, 0.1) is 6.92 Å². The minimum Gasteiger partial charge on any atom is -0.221 e. The molecule has 0 aliphatic carbocycles. The molecule has 5 rings (SSSR count). The Labute approximate surface area is 143 Å². The zero-order valence-corrected chi connectivity index (χ0v) is 13.8. The summed E-state index contributed by atoms with van der Waals surface area (Å²) in [5.74, 6) is 1.63. The van der Waals surface area contributed by atoms with Crippen molar-refractivity contribution in [2.24, 2.45) is 0 Å². The molecule has 6 nitrogen and oxygen atoms in total. The number of nitrogens with zero attached hydrogens (tertiary/aromatic N) is 6. The molecule has 0 radical (unpaired) electrons.